The van der Waals surface area contributed by atoms with Crippen LogP contribution in [-0.2, 0) is 22.6 Å². The molecule has 1 saturated heterocycles. The molecule has 152 valence electrons. The lowest BCUT2D eigenvalue weighted by molar-refractivity contribution is 0.0733. The highest BCUT2D eigenvalue weighted by molar-refractivity contribution is 5.79. The van der Waals surface area contributed by atoms with Gasteiger partial charge in [-0.1, -0.05) is 30.7 Å². The highest BCUT2D eigenvalue weighted by Gasteiger charge is 2.10. The molecule has 1 aromatic rings. The normalized spacial score (nSPS) is 15.7. The number of guanidine groups is 1. The molecule has 6 nitrogen and oxygen atoms in total. The van der Waals surface area contributed by atoms with E-state index in [9.17, 15) is 0 Å². The average molecular weight is 377 g/mol. The molecule has 2 rings (SSSR count). The molecule has 27 heavy (non-hydrogen) atoms. The van der Waals surface area contributed by atoms with Crippen LogP contribution in [0.15, 0.2) is 29.3 Å². The van der Waals surface area contributed by atoms with Crippen molar-refractivity contribution < 1.29 is 9.47 Å². The number of nitrogens with zero attached hydrogens (tertiary/aromatic N) is 2. The molecule has 0 unspecified atom stereocenters. The third-order valence-electron chi connectivity index (χ3n) is 4.61. The van der Waals surface area contributed by atoms with Crippen LogP contribution in [0.25, 0.3) is 0 Å². The van der Waals surface area contributed by atoms with E-state index in [-0.39, 0.29) is 0 Å². The zero-order valence-corrected chi connectivity index (χ0v) is 17.0. The molecule has 0 bridgehead atoms. The minimum Gasteiger partial charge on any atom is -0.382 e. The van der Waals surface area contributed by atoms with E-state index < -0.39 is 0 Å². The molecular formula is C21H36N4O2. The van der Waals surface area contributed by atoms with Crippen LogP contribution in [0, 0.1) is 0 Å². The van der Waals surface area contributed by atoms with Crippen molar-refractivity contribution in [1.29, 1.82) is 0 Å². The Bertz CT molecular complexity index is 527. The number of likely N-dealkylation sites (tertiary alicyclic amines) is 1. The van der Waals surface area contributed by atoms with Crippen LogP contribution >= 0.6 is 0 Å². The summed E-state index contributed by atoms with van der Waals surface area (Å²) in [5, 5.41) is 6.57. The first-order valence-electron chi connectivity index (χ1n) is 10.2. The van der Waals surface area contributed by atoms with Gasteiger partial charge in [-0.2, -0.15) is 0 Å². The zero-order valence-electron chi connectivity index (χ0n) is 17.0. The van der Waals surface area contributed by atoms with E-state index in [2.05, 4.69) is 51.7 Å². The zero-order chi connectivity index (χ0) is 19.2. The molecule has 1 aliphatic rings. The minimum atomic E-state index is 0.621. The van der Waals surface area contributed by atoms with Gasteiger partial charge in [0.05, 0.1) is 26.4 Å². The second kappa shape index (κ2) is 13.5. The van der Waals surface area contributed by atoms with Crippen molar-refractivity contribution in [2.75, 3.05) is 53.1 Å². The summed E-state index contributed by atoms with van der Waals surface area (Å²) in [7, 11) is 1.68. The Morgan fingerprint density at radius 1 is 1.00 bits per heavy atom. The average Bonchev–Trinajstić information content (AvgIpc) is 2.70. The molecule has 0 aliphatic carbocycles. The van der Waals surface area contributed by atoms with Crippen LogP contribution in [-0.4, -0.2) is 64.0 Å². The van der Waals surface area contributed by atoms with Gasteiger partial charge in [-0.25, -0.2) is 4.99 Å². The predicted molar refractivity (Wildman–Crippen MR) is 111 cm³/mol. The van der Waals surface area contributed by atoms with Gasteiger partial charge < -0.3 is 20.1 Å². The lowest BCUT2D eigenvalue weighted by atomic mass is 10.1. The van der Waals surface area contributed by atoms with E-state index >= 15 is 0 Å². The van der Waals surface area contributed by atoms with Crippen LogP contribution in [0.4, 0.5) is 0 Å². The van der Waals surface area contributed by atoms with Crippen molar-refractivity contribution in [2.45, 2.75) is 39.3 Å². The highest BCUT2D eigenvalue weighted by Crippen LogP contribution is 2.13. The number of benzene rings is 1. The van der Waals surface area contributed by atoms with Crippen LogP contribution in [0.1, 0.15) is 37.3 Å². The van der Waals surface area contributed by atoms with Gasteiger partial charge in [0.2, 0.25) is 0 Å². The topological polar surface area (TPSA) is 58.1 Å². The Labute approximate surface area is 164 Å². The summed E-state index contributed by atoms with van der Waals surface area (Å²) in [5.41, 5.74) is 2.62. The summed E-state index contributed by atoms with van der Waals surface area (Å²) in [6.45, 7) is 9.73. The molecule has 0 aromatic heterocycles. The van der Waals surface area contributed by atoms with Crippen LogP contribution in [0.2, 0.25) is 0 Å². The number of aliphatic imine (C=N–C) groups is 1. The Balaban J connectivity index is 1.74. The summed E-state index contributed by atoms with van der Waals surface area (Å²) >= 11 is 0. The standard InChI is InChI=1S/C21H36N4O2/c1-3-22-21(23-11-14-27-16-15-26-2)24-17-19-7-9-20(10-8-19)18-25-12-5-4-6-13-25/h7-10H,3-6,11-18H2,1-2H3,(H2,22,23,24). The molecular weight excluding hydrogens is 340 g/mol. The number of hydrogen-bond acceptors (Lipinski definition) is 4. The molecule has 0 spiro atoms. The Hall–Kier alpha value is -1.63. The Morgan fingerprint density at radius 3 is 2.44 bits per heavy atom. The molecule has 0 radical (unpaired) electrons. The highest BCUT2D eigenvalue weighted by atomic mass is 16.5. The maximum absolute atomic E-state index is 5.47. The van der Waals surface area contributed by atoms with Gasteiger partial charge >= 0.3 is 0 Å². The van der Waals surface area contributed by atoms with E-state index in [4.69, 9.17) is 9.47 Å². The number of rotatable bonds is 11. The summed E-state index contributed by atoms with van der Waals surface area (Å²) in [6, 6.07) is 8.87. The smallest absolute Gasteiger partial charge is 0.191 e. The first kappa shape index (κ1) is 21.7. The molecule has 1 aromatic carbocycles. The van der Waals surface area contributed by atoms with Gasteiger partial charge in [0.1, 0.15) is 0 Å². The molecule has 0 saturated carbocycles. The van der Waals surface area contributed by atoms with Gasteiger partial charge in [0, 0.05) is 26.7 Å². The predicted octanol–water partition coefficient (Wildman–Crippen LogP) is 2.39. The summed E-state index contributed by atoms with van der Waals surface area (Å²) in [6.07, 6.45) is 4.06. The van der Waals surface area contributed by atoms with Gasteiger partial charge in [-0.15, -0.1) is 0 Å². The molecule has 1 fully saturated rings. The lowest BCUT2D eigenvalue weighted by Crippen LogP contribution is -2.39. The van der Waals surface area contributed by atoms with Crippen molar-refractivity contribution in [3.05, 3.63) is 35.4 Å². The van der Waals surface area contributed by atoms with Crippen molar-refractivity contribution in [1.82, 2.24) is 15.5 Å². The Morgan fingerprint density at radius 2 is 1.74 bits per heavy atom. The maximum Gasteiger partial charge on any atom is 0.191 e. The summed E-state index contributed by atoms with van der Waals surface area (Å²) in [5.74, 6) is 0.824. The van der Waals surface area contributed by atoms with Gasteiger partial charge in [0.15, 0.2) is 5.96 Å². The molecule has 0 amide bonds. The number of ether oxygens (including phenoxy) is 2. The van der Waals surface area contributed by atoms with Crippen molar-refractivity contribution in [2.24, 2.45) is 4.99 Å². The molecule has 1 heterocycles. The second-order valence-corrected chi connectivity index (χ2v) is 6.88. The maximum atomic E-state index is 5.47. The second-order valence-electron chi connectivity index (χ2n) is 6.88. The van der Waals surface area contributed by atoms with Gasteiger partial charge in [-0.3, -0.25) is 4.90 Å². The van der Waals surface area contributed by atoms with Crippen LogP contribution in [0.3, 0.4) is 0 Å². The largest absolute Gasteiger partial charge is 0.382 e. The molecule has 0 atom stereocenters. The third-order valence-corrected chi connectivity index (χ3v) is 4.61. The van der Waals surface area contributed by atoms with E-state index in [1.807, 2.05) is 0 Å². The van der Waals surface area contributed by atoms with Crippen LogP contribution in [0.5, 0.6) is 0 Å². The van der Waals surface area contributed by atoms with Gasteiger partial charge in [-0.05, 0) is 44.0 Å². The first-order valence-corrected chi connectivity index (χ1v) is 10.2. The molecule has 1 aliphatic heterocycles. The fourth-order valence-corrected chi connectivity index (χ4v) is 3.12. The van der Waals surface area contributed by atoms with E-state index in [1.54, 1.807) is 7.11 Å². The first-order chi connectivity index (χ1) is 13.3. The fourth-order valence-electron chi connectivity index (χ4n) is 3.12. The Kier molecular flexibility index (Phi) is 10.9. The SMILES string of the molecule is CCNC(=NCc1ccc(CN2CCCCC2)cc1)NCCOCCOC. The van der Waals surface area contributed by atoms with E-state index in [1.165, 1.54) is 43.5 Å². The van der Waals surface area contributed by atoms with E-state index in [0.29, 0.717) is 26.4 Å². The molecule has 2 N–H and O–H groups in total. The van der Waals surface area contributed by atoms with Crippen molar-refractivity contribution >= 4 is 5.96 Å². The quantitative estimate of drug-likeness (QED) is 0.353. The third kappa shape index (κ3) is 9.22. The molecule has 6 heteroatoms. The lowest BCUT2D eigenvalue weighted by Gasteiger charge is -2.26. The van der Waals surface area contributed by atoms with Crippen molar-refractivity contribution in [3.63, 3.8) is 0 Å². The summed E-state index contributed by atoms with van der Waals surface area (Å²) in [4.78, 5) is 7.22. The number of piperidine rings is 1. The number of methoxy groups -OCH3 is 1. The minimum absolute atomic E-state index is 0.621. The van der Waals surface area contributed by atoms with Crippen LogP contribution < -0.4 is 10.6 Å². The number of hydrogen-bond donors (Lipinski definition) is 2. The fraction of sp³-hybridized carbons (Fsp3) is 0.667. The number of nitrogens with one attached hydrogen (secondary N) is 2. The monoisotopic (exact) mass is 376 g/mol. The van der Waals surface area contributed by atoms with Crippen molar-refractivity contribution in [3.8, 4) is 0 Å². The van der Waals surface area contributed by atoms with Gasteiger partial charge in [0.25, 0.3) is 0 Å². The van der Waals surface area contributed by atoms with E-state index in [0.717, 1.165) is 25.6 Å². The summed E-state index contributed by atoms with van der Waals surface area (Å²) < 4.78 is 10.4.